The summed E-state index contributed by atoms with van der Waals surface area (Å²) in [5.41, 5.74) is 0.189. The molecule has 0 bridgehead atoms. The van der Waals surface area contributed by atoms with Crippen LogP contribution in [-0.4, -0.2) is 41.0 Å². The molecule has 2 aromatic rings. The van der Waals surface area contributed by atoms with Crippen LogP contribution < -0.4 is 0 Å². The minimum absolute atomic E-state index is 0.0658. The first kappa shape index (κ1) is 18.4. The van der Waals surface area contributed by atoms with E-state index in [1.54, 1.807) is 19.1 Å². The largest absolute Gasteiger partial charge is 0.507 e. The van der Waals surface area contributed by atoms with Gasteiger partial charge >= 0.3 is 0 Å². The van der Waals surface area contributed by atoms with Crippen LogP contribution in [0.2, 0.25) is 0 Å². The van der Waals surface area contributed by atoms with Crippen LogP contribution in [0.5, 0.6) is 0 Å². The number of ether oxygens (including phenoxy) is 1. The second-order valence-corrected chi connectivity index (χ2v) is 7.04. The average molecular weight is 385 g/mol. The summed E-state index contributed by atoms with van der Waals surface area (Å²) in [4.78, 5) is 26.9. The summed E-state index contributed by atoms with van der Waals surface area (Å²) in [7, 11) is 0. The molecule has 7 heteroatoms. The van der Waals surface area contributed by atoms with E-state index in [0.29, 0.717) is 18.1 Å². The molecule has 1 aromatic carbocycles. The number of halogens is 1. The first-order valence-electron chi connectivity index (χ1n) is 9.18. The highest BCUT2D eigenvalue weighted by molar-refractivity contribution is 6.46. The van der Waals surface area contributed by atoms with Gasteiger partial charge in [0.2, 0.25) is 0 Å². The molecule has 1 aromatic heterocycles. The lowest BCUT2D eigenvalue weighted by molar-refractivity contribution is -0.141. The number of aliphatic hydroxyl groups excluding tert-OH is 1. The Bertz CT molecular complexity index is 940. The molecule has 28 heavy (non-hydrogen) atoms. The molecule has 0 radical (unpaired) electrons. The van der Waals surface area contributed by atoms with Crippen LogP contribution >= 0.6 is 0 Å². The number of carbonyl (C=O) groups excluding carboxylic acids is 2. The van der Waals surface area contributed by atoms with Crippen LogP contribution in [0, 0.1) is 12.7 Å². The Morgan fingerprint density at radius 2 is 1.96 bits per heavy atom. The lowest BCUT2D eigenvalue weighted by Gasteiger charge is -2.25. The Morgan fingerprint density at radius 1 is 1.21 bits per heavy atom. The highest BCUT2D eigenvalue weighted by Gasteiger charge is 2.48. The highest BCUT2D eigenvalue weighted by atomic mass is 19.1. The number of amides is 1. The maximum Gasteiger partial charge on any atom is 0.295 e. The van der Waals surface area contributed by atoms with Crippen LogP contribution in [0.3, 0.4) is 0 Å². The number of aliphatic hydroxyl groups is 1. The van der Waals surface area contributed by atoms with Gasteiger partial charge in [-0.3, -0.25) is 9.59 Å². The van der Waals surface area contributed by atoms with Crippen molar-refractivity contribution in [1.82, 2.24) is 4.90 Å². The number of benzene rings is 1. The second-order valence-electron chi connectivity index (χ2n) is 7.04. The summed E-state index contributed by atoms with van der Waals surface area (Å²) in [5.74, 6) is -1.31. The molecular formula is C21H20FNO5. The summed E-state index contributed by atoms with van der Waals surface area (Å²) < 4.78 is 24.6. The number of hydrogen-bond donors (Lipinski definition) is 1. The normalized spacial score (nSPS) is 24.3. The number of likely N-dealkylation sites (tertiary alicyclic amines) is 1. The number of rotatable bonds is 4. The smallest absolute Gasteiger partial charge is 0.295 e. The minimum Gasteiger partial charge on any atom is -0.507 e. The summed E-state index contributed by atoms with van der Waals surface area (Å²) in [6.07, 6.45) is 1.53. The van der Waals surface area contributed by atoms with Crippen LogP contribution in [0.4, 0.5) is 4.39 Å². The standard InChI is InChI=1S/C21H20FNO5/c1-12-4-9-16(28-12)18-17(19(24)13-5-7-14(22)8-6-13)20(25)21(26)23(18)11-15-3-2-10-27-15/h4-9,15,18,24H,2-3,10-11H2,1H3. The van der Waals surface area contributed by atoms with Crippen LogP contribution in [0.15, 0.2) is 46.4 Å². The molecule has 2 atom stereocenters. The third-order valence-corrected chi connectivity index (χ3v) is 5.11. The number of aryl methyl sites for hydroxylation is 1. The number of nitrogens with zero attached hydrogens (tertiary/aromatic N) is 1. The van der Waals surface area contributed by atoms with Crippen molar-refractivity contribution in [2.24, 2.45) is 0 Å². The van der Waals surface area contributed by atoms with Crippen LogP contribution in [-0.2, 0) is 14.3 Å². The van der Waals surface area contributed by atoms with Crippen LogP contribution in [0.1, 0.15) is 36.0 Å². The lowest BCUT2D eigenvalue weighted by Crippen LogP contribution is -2.36. The van der Waals surface area contributed by atoms with Gasteiger partial charge in [-0.05, 0) is 56.2 Å². The molecule has 0 aliphatic carbocycles. The van der Waals surface area contributed by atoms with E-state index in [1.807, 2.05) is 0 Å². The molecule has 4 rings (SSSR count). The van der Waals surface area contributed by atoms with Gasteiger partial charge < -0.3 is 19.2 Å². The molecule has 2 unspecified atom stereocenters. The number of furan rings is 1. The Kier molecular flexibility index (Phi) is 4.77. The van der Waals surface area contributed by atoms with E-state index in [1.165, 1.54) is 29.2 Å². The van der Waals surface area contributed by atoms with E-state index < -0.39 is 23.5 Å². The maximum absolute atomic E-state index is 13.2. The number of carbonyl (C=O) groups is 2. The molecule has 146 valence electrons. The van der Waals surface area contributed by atoms with E-state index in [-0.39, 0.29) is 29.5 Å². The van der Waals surface area contributed by atoms with Crippen molar-refractivity contribution in [2.75, 3.05) is 13.2 Å². The molecule has 3 heterocycles. The Hall–Kier alpha value is -2.93. The van der Waals surface area contributed by atoms with Crippen molar-refractivity contribution in [3.8, 4) is 0 Å². The molecule has 2 aliphatic heterocycles. The predicted molar refractivity (Wildman–Crippen MR) is 97.8 cm³/mol. The van der Waals surface area contributed by atoms with Gasteiger partial charge in [-0.15, -0.1) is 0 Å². The number of ketones is 1. The van der Waals surface area contributed by atoms with E-state index in [4.69, 9.17) is 9.15 Å². The first-order valence-corrected chi connectivity index (χ1v) is 9.18. The minimum atomic E-state index is -0.858. The van der Waals surface area contributed by atoms with Gasteiger partial charge in [0.1, 0.15) is 29.1 Å². The van der Waals surface area contributed by atoms with Gasteiger partial charge in [-0.2, -0.15) is 0 Å². The number of Topliss-reactive ketones (excluding diaryl/α,β-unsaturated/α-hetero) is 1. The zero-order valence-corrected chi connectivity index (χ0v) is 15.4. The fourth-order valence-corrected chi connectivity index (χ4v) is 3.74. The summed E-state index contributed by atoms with van der Waals surface area (Å²) in [6.45, 7) is 2.61. The van der Waals surface area contributed by atoms with Gasteiger partial charge in [-0.25, -0.2) is 4.39 Å². The van der Waals surface area contributed by atoms with E-state index in [0.717, 1.165) is 12.8 Å². The molecular weight excluding hydrogens is 365 g/mol. The van der Waals surface area contributed by atoms with Gasteiger partial charge in [-0.1, -0.05) is 0 Å². The SMILES string of the molecule is Cc1ccc(C2C(=C(O)c3ccc(F)cc3)C(=O)C(=O)N2CC2CCCO2)o1. The number of hydrogen-bond acceptors (Lipinski definition) is 5. The molecule has 2 aliphatic rings. The zero-order valence-electron chi connectivity index (χ0n) is 15.4. The highest BCUT2D eigenvalue weighted by Crippen LogP contribution is 2.40. The Balaban J connectivity index is 1.80. The third-order valence-electron chi connectivity index (χ3n) is 5.11. The van der Waals surface area contributed by atoms with E-state index in [2.05, 4.69) is 0 Å². The molecule has 0 saturated carbocycles. The average Bonchev–Trinajstić information content (AvgIpc) is 3.39. The van der Waals surface area contributed by atoms with Gasteiger partial charge in [0.25, 0.3) is 11.7 Å². The van der Waals surface area contributed by atoms with Crippen molar-refractivity contribution in [3.63, 3.8) is 0 Å². The van der Waals surface area contributed by atoms with E-state index in [9.17, 15) is 19.1 Å². The van der Waals surface area contributed by atoms with Crippen molar-refractivity contribution in [3.05, 3.63) is 64.9 Å². The summed E-state index contributed by atoms with van der Waals surface area (Å²) >= 11 is 0. The fraction of sp³-hybridized carbons (Fsp3) is 0.333. The topological polar surface area (TPSA) is 80.0 Å². The fourth-order valence-electron chi connectivity index (χ4n) is 3.74. The molecule has 1 amide bonds. The molecule has 2 saturated heterocycles. The quantitative estimate of drug-likeness (QED) is 0.496. The monoisotopic (exact) mass is 385 g/mol. The van der Waals surface area contributed by atoms with Crippen molar-refractivity contribution in [1.29, 1.82) is 0 Å². The van der Waals surface area contributed by atoms with Crippen molar-refractivity contribution in [2.45, 2.75) is 31.9 Å². The molecule has 2 fully saturated rings. The van der Waals surface area contributed by atoms with Crippen molar-refractivity contribution < 1.29 is 28.2 Å². The third kappa shape index (κ3) is 3.22. The zero-order chi connectivity index (χ0) is 19.8. The van der Waals surface area contributed by atoms with Crippen molar-refractivity contribution >= 4 is 17.4 Å². The summed E-state index contributed by atoms with van der Waals surface area (Å²) in [5, 5.41) is 10.8. The van der Waals surface area contributed by atoms with Gasteiger partial charge in [0, 0.05) is 18.7 Å². The lowest BCUT2D eigenvalue weighted by atomic mass is 9.99. The molecule has 0 spiro atoms. The molecule has 1 N–H and O–H groups in total. The summed E-state index contributed by atoms with van der Waals surface area (Å²) in [6, 6.07) is 7.66. The van der Waals surface area contributed by atoms with Gasteiger partial charge in [0.05, 0.1) is 11.7 Å². The Morgan fingerprint density at radius 3 is 2.57 bits per heavy atom. The second kappa shape index (κ2) is 7.24. The predicted octanol–water partition coefficient (Wildman–Crippen LogP) is 3.33. The maximum atomic E-state index is 13.2. The van der Waals surface area contributed by atoms with Gasteiger partial charge in [0.15, 0.2) is 0 Å². The first-order chi connectivity index (χ1) is 13.5. The van der Waals surface area contributed by atoms with E-state index >= 15 is 0 Å². The Labute approximate surface area is 161 Å². The molecule has 6 nitrogen and oxygen atoms in total. The van der Waals surface area contributed by atoms with Crippen LogP contribution in [0.25, 0.3) is 5.76 Å².